The molecule has 0 aliphatic rings. The fourth-order valence-corrected chi connectivity index (χ4v) is 2.83. The zero-order chi connectivity index (χ0) is 13.9. The summed E-state index contributed by atoms with van der Waals surface area (Å²) in [6.45, 7) is 14.3. The van der Waals surface area contributed by atoms with Gasteiger partial charge in [0, 0.05) is 11.8 Å². The lowest BCUT2D eigenvalue weighted by atomic mass is 9.96. The van der Waals surface area contributed by atoms with Gasteiger partial charge in [-0.1, -0.05) is 34.6 Å². The number of carbonyl (C=O) groups excluding carboxylic acids is 2. The molecule has 0 saturated heterocycles. The van der Waals surface area contributed by atoms with Crippen molar-refractivity contribution in [1.29, 1.82) is 0 Å². The summed E-state index contributed by atoms with van der Waals surface area (Å²) in [5, 5.41) is 0.0798. The molecule has 1 unspecified atom stereocenters. The normalized spacial score (nSPS) is 18.3. The van der Waals surface area contributed by atoms with Gasteiger partial charge in [-0.25, -0.2) is 0 Å². The van der Waals surface area contributed by atoms with Crippen molar-refractivity contribution in [3.63, 3.8) is 0 Å². The second-order valence-corrected chi connectivity index (χ2v) is 11.1. The fourth-order valence-electron chi connectivity index (χ4n) is 1.37. The van der Waals surface area contributed by atoms with Crippen LogP contribution in [0, 0.1) is 11.8 Å². The minimum Gasteiger partial charge on any atom is -0.413 e. The van der Waals surface area contributed by atoms with Crippen LogP contribution in [0.5, 0.6) is 0 Å². The highest BCUT2D eigenvalue weighted by Crippen LogP contribution is 2.38. The minimum atomic E-state index is -1.94. The van der Waals surface area contributed by atoms with Crippen LogP contribution in [0.2, 0.25) is 18.1 Å². The monoisotopic (exact) mass is 258 g/mol. The molecule has 0 aliphatic heterocycles. The van der Waals surface area contributed by atoms with E-state index in [0.717, 1.165) is 12.6 Å². The van der Waals surface area contributed by atoms with Crippen LogP contribution in [0.4, 0.5) is 0 Å². The zero-order valence-electron chi connectivity index (χ0n) is 12.1. The Hall–Kier alpha value is -0.483. The predicted molar refractivity (Wildman–Crippen MR) is 72.5 cm³/mol. The lowest BCUT2D eigenvalue weighted by Gasteiger charge is -2.41. The van der Waals surface area contributed by atoms with Crippen LogP contribution in [0.25, 0.3) is 0 Å². The van der Waals surface area contributed by atoms with E-state index < -0.39 is 8.32 Å². The molecule has 0 aromatic heterocycles. The molecule has 0 aromatic rings. The van der Waals surface area contributed by atoms with E-state index in [4.69, 9.17) is 4.43 Å². The van der Waals surface area contributed by atoms with Crippen LogP contribution in [0.3, 0.4) is 0 Å². The summed E-state index contributed by atoms with van der Waals surface area (Å²) in [5.74, 6) is -0.492. The van der Waals surface area contributed by atoms with Gasteiger partial charge in [-0.15, -0.1) is 0 Å². The molecule has 4 heteroatoms. The van der Waals surface area contributed by atoms with Gasteiger partial charge in [0.25, 0.3) is 0 Å². The summed E-state index contributed by atoms with van der Waals surface area (Å²) in [5.41, 5.74) is 0. The van der Waals surface area contributed by atoms with Crippen molar-refractivity contribution in [2.24, 2.45) is 11.8 Å². The van der Waals surface area contributed by atoms with Gasteiger partial charge in [0.2, 0.25) is 0 Å². The summed E-state index contributed by atoms with van der Waals surface area (Å²) in [6.07, 6.45) is 1.45. The topological polar surface area (TPSA) is 43.4 Å². The fraction of sp³-hybridized carbons (Fsp3) is 0.846. The molecular weight excluding hydrogens is 232 g/mol. The molecule has 0 heterocycles. The third-order valence-electron chi connectivity index (χ3n) is 3.70. The van der Waals surface area contributed by atoms with Gasteiger partial charge in [0.05, 0.1) is 6.10 Å². The molecule has 0 radical (unpaired) electrons. The molecular formula is C13H26O3Si. The molecule has 0 bridgehead atoms. The molecule has 17 heavy (non-hydrogen) atoms. The predicted octanol–water partition coefficient (Wildman–Crippen LogP) is 3.05. The van der Waals surface area contributed by atoms with Gasteiger partial charge in [0.1, 0.15) is 12.6 Å². The van der Waals surface area contributed by atoms with E-state index >= 15 is 0 Å². The smallest absolute Gasteiger partial charge is 0.192 e. The SMILES string of the molecule is C[C@H](C=O)C(O[Si](C)(C)C(C)(C)C)[C@@H](C)C=O. The van der Waals surface area contributed by atoms with Gasteiger partial charge in [0.15, 0.2) is 8.32 Å². The Bertz CT molecular complexity index is 254. The molecule has 100 valence electrons. The van der Waals surface area contributed by atoms with E-state index in [9.17, 15) is 9.59 Å². The van der Waals surface area contributed by atoms with Gasteiger partial charge in [-0.3, -0.25) is 0 Å². The summed E-state index contributed by atoms with van der Waals surface area (Å²) < 4.78 is 6.18. The Morgan fingerprint density at radius 1 is 1.00 bits per heavy atom. The highest BCUT2D eigenvalue weighted by atomic mass is 28.4. The van der Waals surface area contributed by atoms with Crippen molar-refractivity contribution >= 4 is 20.9 Å². The Morgan fingerprint density at radius 2 is 1.35 bits per heavy atom. The summed E-state index contributed by atoms with van der Waals surface area (Å²) in [4.78, 5) is 21.8. The minimum absolute atomic E-state index is 0.0798. The maximum Gasteiger partial charge on any atom is 0.192 e. The maximum absolute atomic E-state index is 10.9. The highest BCUT2D eigenvalue weighted by Gasteiger charge is 2.41. The zero-order valence-corrected chi connectivity index (χ0v) is 13.1. The van der Waals surface area contributed by atoms with Gasteiger partial charge in [-0.2, -0.15) is 0 Å². The average molecular weight is 258 g/mol. The molecule has 0 rings (SSSR count). The highest BCUT2D eigenvalue weighted by molar-refractivity contribution is 6.74. The van der Waals surface area contributed by atoms with Crippen LogP contribution in [-0.4, -0.2) is 27.0 Å². The number of hydrogen-bond donors (Lipinski definition) is 0. The Labute approximate surface area is 106 Å². The second-order valence-electron chi connectivity index (χ2n) is 6.33. The van der Waals surface area contributed by atoms with Crippen molar-refractivity contribution in [1.82, 2.24) is 0 Å². The molecule has 0 N–H and O–H groups in total. The largest absolute Gasteiger partial charge is 0.413 e. The van der Waals surface area contributed by atoms with Crippen molar-refractivity contribution < 1.29 is 14.0 Å². The second kappa shape index (κ2) is 5.91. The first kappa shape index (κ1) is 16.5. The molecule has 0 fully saturated rings. The Balaban J connectivity index is 4.99. The quantitative estimate of drug-likeness (QED) is 0.543. The van der Waals surface area contributed by atoms with Crippen molar-refractivity contribution in [2.45, 2.75) is 58.9 Å². The maximum atomic E-state index is 10.9. The van der Waals surface area contributed by atoms with E-state index in [1.807, 2.05) is 13.8 Å². The number of rotatable bonds is 6. The lowest BCUT2D eigenvalue weighted by molar-refractivity contribution is -0.118. The lowest BCUT2D eigenvalue weighted by Crippen LogP contribution is -2.47. The van der Waals surface area contributed by atoms with Gasteiger partial charge < -0.3 is 14.0 Å². The molecule has 3 atom stereocenters. The van der Waals surface area contributed by atoms with Crippen LogP contribution < -0.4 is 0 Å². The molecule has 0 amide bonds. The third-order valence-corrected chi connectivity index (χ3v) is 8.18. The van der Waals surface area contributed by atoms with E-state index in [1.54, 1.807) is 0 Å². The van der Waals surface area contributed by atoms with E-state index in [0.29, 0.717) is 0 Å². The van der Waals surface area contributed by atoms with E-state index in [-0.39, 0.29) is 23.0 Å². The molecule has 0 saturated carbocycles. The number of hydrogen-bond acceptors (Lipinski definition) is 3. The van der Waals surface area contributed by atoms with E-state index in [2.05, 4.69) is 33.9 Å². The Kier molecular flexibility index (Phi) is 5.74. The molecule has 0 spiro atoms. The number of carbonyl (C=O) groups is 2. The standard InChI is InChI=1S/C13H26O3Si/c1-10(8-14)12(11(2)9-15)16-17(6,7)13(3,4)5/h8-12H,1-7H3/t10-,11+,12?. The summed E-state index contributed by atoms with van der Waals surface area (Å²) in [6, 6.07) is 0. The Morgan fingerprint density at radius 3 is 1.59 bits per heavy atom. The average Bonchev–Trinajstić information content (AvgIpc) is 2.22. The molecule has 0 aromatic carbocycles. The van der Waals surface area contributed by atoms with Crippen molar-refractivity contribution in [2.75, 3.05) is 0 Å². The van der Waals surface area contributed by atoms with Crippen molar-refractivity contribution in [3.05, 3.63) is 0 Å². The van der Waals surface area contributed by atoms with Crippen molar-refractivity contribution in [3.8, 4) is 0 Å². The summed E-state index contributed by atoms with van der Waals surface area (Å²) in [7, 11) is -1.94. The van der Waals surface area contributed by atoms with E-state index in [1.165, 1.54) is 0 Å². The molecule has 0 aliphatic carbocycles. The first-order valence-corrected chi connectivity index (χ1v) is 9.06. The van der Waals surface area contributed by atoms with Gasteiger partial charge >= 0.3 is 0 Å². The van der Waals surface area contributed by atoms with Crippen LogP contribution in [-0.2, 0) is 14.0 Å². The van der Waals surface area contributed by atoms with Gasteiger partial charge in [-0.05, 0) is 18.1 Å². The molecule has 3 nitrogen and oxygen atoms in total. The first-order valence-electron chi connectivity index (χ1n) is 6.15. The van der Waals surface area contributed by atoms with Crippen LogP contribution in [0.1, 0.15) is 34.6 Å². The van der Waals surface area contributed by atoms with Crippen LogP contribution in [0.15, 0.2) is 0 Å². The third kappa shape index (κ3) is 4.35. The summed E-state index contributed by atoms with van der Waals surface area (Å²) >= 11 is 0. The number of aldehydes is 2. The van der Waals surface area contributed by atoms with Crippen LogP contribution >= 0.6 is 0 Å². The first-order chi connectivity index (χ1) is 7.56.